The van der Waals surface area contributed by atoms with E-state index in [1.807, 2.05) is 86.5 Å². The minimum atomic E-state index is -4.36. The largest absolute Gasteiger partial charge is 0.380 e. The fourth-order valence-electron chi connectivity index (χ4n) is 4.70. The number of nitrogens with zero attached hydrogens (tertiary/aromatic N) is 4. The normalized spacial score (nSPS) is 18.1. The summed E-state index contributed by atoms with van der Waals surface area (Å²) in [6.45, 7) is 1.74. The van der Waals surface area contributed by atoms with Crippen LogP contribution in [0.5, 0.6) is 0 Å². The lowest BCUT2D eigenvalue weighted by Gasteiger charge is -2.38. The van der Waals surface area contributed by atoms with Gasteiger partial charge in [-0.05, 0) is 66.6 Å². The molecular weight excluding hydrogens is 492 g/mol. The van der Waals surface area contributed by atoms with Gasteiger partial charge in [0.2, 0.25) is 0 Å². The number of aliphatic hydroxyl groups is 2. The summed E-state index contributed by atoms with van der Waals surface area (Å²) in [5.41, 5.74) is 2.40. The van der Waals surface area contributed by atoms with E-state index in [0.717, 1.165) is 11.4 Å². The zero-order valence-electron chi connectivity index (χ0n) is 21.4. The Hall–Kier alpha value is -3.44. The second kappa shape index (κ2) is 9.79. The Balaban J connectivity index is 1.80. The van der Waals surface area contributed by atoms with Crippen LogP contribution < -0.4 is 14.8 Å². The summed E-state index contributed by atoms with van der Waals surface area (Å²) >= 11 is 0. The van der Waals surface area contributed by atoms with Crippen molar-refractivity contribution in [3.05, 3.63) is 83.9 Å². The topological polar surface area (TPSA) is 117 Å². The van der Waals surface area contributed by atoms with Crippen LogP contribution in [0.2, 0.25) is 0 Å². The third kappa shape index (κ3) is 4.93. The Labute approximate surface area is 217 Å². The number of hydrazone groups is 1. The van der Waals surface area contributed by atoms with Crippen LogP contribution in [0.1, 0.15) is 18.1 Å². The molecule has 1 aliphatic rings. The molecule has 0 spiro atoms. The summed E-state index contributed by atoms with van der Waals surface area (Å²) in [7, 11) is 3.38. The van der Waals surface area contributed by atoms with E-state index in [1.165, 1.54) is 29.3 Å². The zero-order chi connectivity index (χ0) is 27.1. The second-order valence-corrected chi connectivity index (χ2v) is 11.0. The first-order valence-electron chi connectivity index (χ1n) is 11.7. The van der Waals surface area contributed by atoms with Gasteiger partial charge in [0.25, 0.3) is 10.1 Å². The first-order chi connectivity index (χ1) is 17.3. The molecule has 0 saturated carbocycles. The summed E-state index contributed by atoms with van der Waals surface area (Å²) < 4.78 is 32.2. The highest BCUT2D eigenvalue weighted by molar-refractivity contribution is 7.85. The predicted octanol–water partition coefficient (Wildman–Crippen LogP) is 3.13. The van der Waals surface area contributed by atoms with Gasteiger partial charge in [-0.1, -0.05) is 24.3 Å². The highest BCUT2D eigenvalue weighted by atomic mass is 32.2. The molecular formula is C27H32N4O5S. The molecule has 0 bridgehead atoms. The van der Waals surface area contributed by atoms with E-state index >= 15 is 0 Å². The third-order valence-electron chi connectivity index (χ3n) is 6.76. The van der Waals surface area contributed by atoms with Gasteiger partial charge in [-0.3, -0.25) is 4.55 Å². The number of rotatable bonds is 7. The van der Waals surface area contributed by atoms with E-state index < -0.39 is 27.9 Å². The minimum absolute atomic E-state index is 0.263. The van der Waals surface area contributed by atoms with Crippen molar-refractivity contribution in [3.8, 4) is 0 Å². The van der Waals surface area contributed by atoms with Crippen molar-refractivity contribution in [1.29, 1.82) is 0 Å². The molecule has 4 rings (SSSR count). The van der Waals surface area contributed by atoms with Gasteiger partial charge in [-0.2, -0.15) is 13.5 Å². The standard InChI is InChI=1S/C27H32N4O5S/c1-18-25(26(32)31(28-18)23-14-16-24(17-15-23)37(34,35)36)27(33,19-6-10-21(11-7-19)29(2)3)20-8-12-22(13-9-20)30(4)5/h6-17,25-26,32-33H,1-5H3,(H,34,35,36). The summed E-state index contributed by atoms with van der Waals surface area (Å²) in [4.78, 5) is 3.66. The molecule has 0 saturated heterocycles. The van der Waals surface area contributed by atoms with Crippen LogP contribution in [-0.2, 0) is 15.7 Å². The molecule has 0 fully saturated rings. The quantitative estimate of drug-likeness (QED) is 0.404. The van der Waals surface area contributed by atoms with Gasteiger partial charge in [0.15, 0.2) is 6.23 Å². The Morgan fingerprint density at radius 1 is 0.811 bits per heavy atom. The number of hydrogen-bond donors (Lipinski definition) is 3. The molecule has 1 heterocycles. The molecule has 1 aliphatic heterocycles. The average Bonchev–Trinajstić information content (AvgIpc) is 3.17. The Bertz CT molecular complexity index is 1330. The van der Waals surface area contributed by atoms with Gasteiger partial charge in [0.05, 0.1) is 16.5 Å². The van der Waals surface area contributed by atoms with Crippen molar-refractivity contribution in [2.75, 3.05) is 43.0 Å². The monoisotopic (exact) mass is 524 g/mol. The molecule has 196 valence electrons. The molecule has 3 aromatic carbocycles. The van der Waals surface area contributed by atoms with Crippen molar-refractivity contribution in [2.24, 2.45) is 11.0 Å². The molecule has 3 N–H and O–H groups in total. The van der Waals surface area contributed by atoms with Crippen molar-refractivity contribution in [2.45, 2.75) is 23.6 Å². The van der Waals surface area contributed by atoms with Gasteiger partial charge >= 0.3 is 0 Å². The SMILES string of the molecule is CC1=NN(c2ccc(S(=O)(=O)O)cc2)C(O)C1C(O)(c1ccc(N(C)C)cc1)c1ccc(N(C)C)cc1. The third-order valence-corrected chi connectivity index (χ3v) is 7.63. The molecule has 0 radical (unpaired) electrons. The van der Waals surface area contributed by atoms with Crippen LogP contribution in [0.4, 0.5) is 17.1 Å². The van der Waals surface area contributed by atoms with Crippen molar-refractivity contribution < 1.29 is 23.2 Å². The Kier molecular flexibility index (Phi) is 7.04. The predicted molar refractivity (Wildman–Crippen MR) is 146 cm³/mol. The highest BCUT2D eigenvalue weighted by Gasteiger charge is 2.51. The van der Waals surface area contributed by atoms with E-state index in [0.29, 0.717) is 22.5 Å². The fourth-order valence-corrected chi connectivity index (χ4v) is 5.18. The molecule has 2 atom stereocenters. The van der Waals surface area contributed by atoms with Crippen LogP contribution in [0.25, 0.3) is 0 Å². The maximum Gasteiger partial charge on any atom is 0.294 e. The highest BCUT2D eigenvalue weighted by Crippen LogP contribution is 2.44. The van der Waals surface area contributed by atoms with Crippen molar-refractivity contribution in [3.63, 3.8) is 0 Å². The summed E-state index contributed by atoms with van der Waals surface area (Å²) in [6.07, 6.45) is -1.26. The molecule has 3 aromatic rings. The van der Waals surface area contributed by atoms with E-state index in [4.69, 9.17) is 0 Å². The first kappa shape index (κ1) is 26.6. The molecule has 0 amide bonds. The fraction of sp³-hybridized carbons (Fsp3) is 0.296. The molecule has 2 unspecified atom stereocenters. The van der Waals surface area contributed by atoms with E-state index in [-0.39, 0.29) is 4.90 Å². The molecule has 10 heteroatoms. The van der Waals surface area contributed by atoms with Crippen LogP contribution in [-0.4, -0.2) is 63.3 Å². The van der Waals surface area contributed by atoms with E-state index in [1.54, 1.807) is 6.92 Å². The number of anilines is 3. The van der Waals surface area contributed by atoms with Gasteiger partial charge < -0.3 is 20.0 Å². The smallest absolute Gasteiger partial charge is 0.294 e. The lowest BCUT2D eigenvalue weighted by atomic mass is 9.73. The summed E-state index contributed by atoms with van der Waals surface area (Å²) in [6, 6.07) is 20.4. The van der Waals surface area contributed by atoms with Crippen LogP contribution in [0.15, 0.2) is 82.8 Å². The van der Waals surface area contributed by atoms with Gasteiger partial charge in [-0.15, -0.1) is 0 Å². The molecule has 9 nitrogen and oxygen atoms in total. The lowest BCUT2D eigenvalue weighted by molar-refractivity contribution is -0.0103. The van der Waals surface area contributed by atoms with Crippen LogP contribution in [0.3, 0.4) is 0 Å². The molecule has 0 aliphatic carbocycles. The number of hydrogen-bond acceptors (Lipinski definition) is 8. The number of benzene rings is 3. The Morgan fingerprint density at radius 3 is 1.62 bits per heavy atom. The van der Waals surface area contributed by atoms with E-state index in [2.05, 4.69) is 5.10 Å². The first-order valence-corrected chi connectivity index (χ1v) is 13.2. The van der Waals surface area contributed by atoms with Crippen LogP contribution >= 0.6 is 0 Å². The molecule has 0 aromatic heterocycles. The van der Waals surface area contributed by atoms with Gasteiger partial charge in [0, 0.05) is 45.3 Å². The second-order valence-electron chi connectivity index (χ2n) is 9.60. The maximum atomic E-state index is 12.5. The maximum absolute atomic E-state index is 12.5. The average molecular weight is 525 g/mol. The van der Waals surface area contributed by atoms with Gasteiger partial charge in [0.1, 0.15) is 5.60 Å². The van der Waals surface area contributed by atoms with Crippen molar-refractivity contribution in [1.82, 2.24) is 0 Å². The Morgan fingerprint density at radius 2 is 1.24 bits per heavy atom. The zero-order valence-corrected chi connectivity index (χ0v) is 22.3. The summed E-state index contributed by atoms with van der Waals surface area (Å²) in [5.74, 6) is -0.843. The van der Waals surface area contributed by atoms with Crippen LogP contribution in [0, 0.1) is 5.92 Å². The molecule has 37 heavy (non-hydrogen) atoms. The van der Waals surface area contributed by atoms with Gasteiger partial charge in [-0.25, -0.2) is 5.01 Å². The van der Waals surface area contributed by atoms with E-state index in [9.17, 15) is 23.2 Å². The minimum Gasteiger partial charge on any atom is -0.380 e. The number of aliphatic hydroxyl groups excluding tert-OH is 1. The van der Waals surface area contributed by atoms with Crippen molar-refractivity contribution >= 4 is 32.9 Å². The lowest BCUT2D eigenvalue weighted by Crippen LogP contribution is -2.47. The summed E-state index contributed by atoms with van der Waals surface area (Å²) in [5, 5.41) is 29.9.